The molecule has 0 spiro atoms. The van der Waals surface area contributed by atoms with Crippen LogP contribution in [-0.4, -0.2) is 45.0 Å². The summed E-state index contributed by atoms with van der Waals surface area (Å²) in [6.45, 7) is 6.01. The number of ether oxygens (including phenoxy) is 2. The molecule has 1 aromatic carbocycles. The Morgan fingerprint density at radius 2 is 2.32 bits per heavy atom. The van der Waals surface area contributed by atoms with Crippen LogP contribution in [0.2, 0.25) is 0 Å². The number of guanidine groups is 1. The van der Waals surface area contributed by atoms with Crippen molar-refractivity contribution in [2.45, 2.75) is 38.8 Å². The van der Waals surface area contributed by atoms with Gasteiger partial charge in [-0.1, -0.05) is 15.9 Å². The van der Waals surface area contributed by atoms with Crippen molar-refractivity contribution < 1.29 is 13.9 Å². The highest BCUT2D eigenvalue weighted by atomic mass is 79.9. The summed E-state index contributed by atoms with van der Waals surface area (Å²) < 4.78 is 25.8. The Balaban J connectivity index is 1.69. The molecule has 0 bridgehead atoms. The molecule has 25 heavy (non-hydrogen) atoms. The van der Waals surface area contributed by atoms with E-state index in [0.717, 1.165) is 43.4 Å². The number of rotatable bonds is 9. The predicted octanol–water partition coefficient (Wildman–Crippen LogP) is 3.23. The van der Waals surface area contributed by atoms with E-state index in [-0.39, 0.29) is 18.5 Å². The number of aliphatic imine (C=N–C) groups is 1. The van der Waals surface area contributed by atoms with Crippen molar-refractivity contribution in [1.29, 1.82) is 0 Å². The Hall–Kier alpha value is -1.18. The van der Waals surface area contributed by atoms with E-state index in [1.165, 1.54) is 6.07 Å². The topological polar surface area (TPSA) is 54.9 Å². The third-order valence-electron chi connectivity index (χ3n) is 3.85. The van der Waals surface area contributed by atoms with Crippen molar-refractivity contribution in [3.63, 3.8) is 0 Å². The van der Waals surface area contributed by atoms with E-state index in [0.29, 0.717) is 24.7 Å². The molecule has 0 aromatic heterocycles. The quantitative estimate of drug-likeness (QED) is 0.369. The maximum absolute atomic E-state index is 13.8. The van der Waals surface area contributed by atoms with Gasteiger partial charge in [0, 0.05) is 36.3 Å². The van der Waals surface area contributed by atoms with Crippen LogP contribution in [0.5, 0.6) is 0 Å². The highest BCUT2D eigenvalue weighted by Crippen LogP contribution is 2.16. The van der Waals surface area contributed by atoms with Gasteiger partial charge < -0.3 is 20.1 Å². The molecule has 7 heteroatoms. The van der Waals surface area contributed by atoms with E-state index in [4.69, 9.17) is 9.47 Å². The smallest absolute Gasteiger partial charge is 0.191 e. The van der Waals surface area contributed by atoms with Gasteiger partial charge in [-0.3, -0.25) is 0 Å². The maximum Gasteiger partial charge on any atom is 0.191 e. The van der Waals surface area contributed by atoms with Crippen molar-refractivity contribution in [1.82, 2.24) is 10.6 Å². The Bertz CT molecular complexity index is 551. The summed E-state index contributed by atoms with van der Waals surface area (Å²) in [6.07, 6.45) is 3.38. The zero-order valence-electron chi connectivity index (χ0n) is 14.7. The van der Waals surface area contributed by atoms with Crippen LogP contribution in [0.3, 0.4) is 0 Å². The summed E-state index contributed by atoms with van der Waals surface area (Å²) >= 11 is 3.36. The summed E-state index contributed by atoms with van der Waals surface area (Å²) in [6, 6.07) is 4.88. The molecule has 5 nitrogen and oxygen atoms in total. The highest BCUT2D eigenvalue weighted by Gasteiger charge is 2.14. The highest BCUT2D eigenvalue weighted by molar-refractivity contribution is 9.10. The van der Waals surface area contributed by atoms with Gasteiger partial charge in [0.25, 0.3) is 0 Å². The molecule has 1 aromatic rings. The molecule has 140 valence electrons. The number of halogens is 2. The summed E-state index contributed by atoms with van der Waals surface area (Å²) in [4.78, 5) is 4.44. The first-order valence-electron chi connectivity index (χ1n) is 8.84. The lowest BCUT2D eigenvalue weighted by Crippen LogP contribution is -2.38. The number of nitrogens with one attached hydrogen (secondary N) is 2. The van der Waals surface area contributed by atoms with Crippen molar-refractivity contribution in [2.24, 2.45) is 4.99 Å². The maximum atomic E-state index is 13.8. The first-order chi connectivity index (χ1) is 12.2. The first-order valence-corrected chi connectivity index (χ1v) is 9.63. The van der Waals surface area contributed by atoms with Crippen LogP contribution in [0.15, 0.2) is 27.7 Å². The largest absolute Gasteiger partial charge is 0.379 e. The van der Waals surface area contributed by atoms with E-state index in [9.17, 15) is 4.39 Å². The molecule has 1 aliphatic heterocycles. The number of nitrogens with zero attached hydrogens (tertiary/aromatic N) is 1. The van der Waals surface area contributed by atoms with Crippen molar-refractivity contribution in [2.75, 3.05) is 32.9 Å². The van der Waals surface area contributed by atoms with E-state index < -0.39 is 0 Å². The van der Waals surface area contributed by atoms with Crippen LogP contribution in [0.1, 0.15) is 31.7 Å². The monoisotopic (exact) mass is 415 g/mol. The molecule has 1 saturated heterocycles. The lowest BCUT2D eigenvalue weighted by molar-refractivity contribution is 0.0168. The summed E-state index contributed by atoms with van der Waals surface area (Å²) in [5, 5.41) is 6.41. The Morgan fingerprint density at radius 1 is 1.44 bits per heavy atom. The van der Waals surface area contributed by atoms with Crippen LogP contribution in [0.4, 0.5) is 4.39 Å². The van der Waals surface area contributed by atoms with Gasteiger partial charge in [-0.25, -0.2) is 9.38 Å². The Labute approximate surface area is 157 Å². The second kappa shape index (κ2) is 11.4. The molecule has 0 aliphatic carbocycles. The van der Waals surface area contributed by atoms with Crippen molar-refractivity contribution in [3.05, 3.63) is 34.1 Å². The van der Waals surface area contributed by atoms with Crippen LogP contribution >= 0.6 is 15.9 Å². The van der Waals surface area contributed by atoms with Gasteiger partial charge in [-0.15, -0.1) is 0 Å². The molecule has 1 aliphatic rings. The average molecular weight is 416 g/mol. The molecule has 1 fully saturated rings. The molecule has 2 rings (SSSR count). The second-order valence-electron chi connectivity index (χ2n) is 5.92. The van der Waals surface area contributed by atoms with E-state index in [2.05, 4.69) is 31.6 Å². The molecule has 1 unspecified atom stereocenters. The zero-order chi connectivity index (χ0) is 17.9. The van der Waals surface area contributed by atoms with Crippen LogP contribution in [0.25, 0.3) is 0 Å². The molecule has 0 amide bonds. The van der Waals surface area contributed by atoms with Gasteiger partial charge in [0.05, 0.1) is 19.3 Å². The fraction of sp³-hybridized carbons (Fsp3) is 0.611. The second-order valence-corrected chi connectivity index (χ2v) is 6.84. The average Bonchev–Trinajstić information content (AvgIpc) is 3.11. The zero-order valence-corrected chi connectivity index (χ0v) is 16.3. The third-order valence-corrected chi connectivity index (χ3v) is 4.34. The Kier molecular flexibility index (Phi) is 9.21. The van der Waals surface area contributed by atoms with E-state index >= 15 is 0 Å². The first kappa shape index (κ1) is 20.1. The predicted molar refractivity (Wildman–Crippen MR) is 101 cm³/mol. The van der Waals surface area contributed by atoms with Crippen molar-refractivity contribution in [3.8, 4) is 0 Å². The fourth-order valence-electron chi connectivity index (χ4n) is 2.54. The van der Waals surface area contributed by atoms with Gasteiger partial charge in [-0.2, -0.15) is 0 Å². The normalized spacial score (nSPS) is 17.7. The SMILES string of the molecule is CCNC(=NCc1cc(Br)ccc1F)NCCCOCC1CCCO1. The minimum absolute atomic E-state index is 0.245. The van der Waals surface area contributed by atoms with Gasteiger partial charge in [0.1, 0.15) is 5.82 Å². The van der Waals surface area contributed by atoms with E-state index in [1.54, 1.807) is 12.1 Å². The number of hydrogen-bond donors (Lipinski definition) is 2. The molecule has 0 radical (unpaired) electrons. The van der Waals surface area contributed by atoms with Gasteiger partial charge in [0.2, 0.25) is 0 Å². The van der Waals surface area contributed by atoms with Crippen LogP contribution in [-0.2, 0) is 16.0 Å². The summed E-state index contributed by atoms with van der Waals surface area (Å²) in [7, 11) is 0. The van der Waals surface area contributed by atoms with Gasteiger partial charge in [0.15, 0.2) is 5.96 Å². The fourth-order valence-corrected chi connectivity index (χ4v) is 2.95. The van der Waals surface area contributed by atoms with Crippen LogP contribution < -0.4 is 10.6 Å². The lowest BCUT2D eigenvalue weighted by Gasteiger charge is -2.13. The summed E-state index contributed by atoms with van der Waals surface area (Å²) in [5.74, 6) is 0.436. The lowest BCUT2D eigenvalue weighted by atomic mass is 10.2. The van der Waals surface area contributed by atoms with E-state index in [1.807, 2.05) is 6.92 Å². The molecule has 1 heterocycles. The number of benzene rings is 1. The summed E-state index contributed by atoms with van der Waals surface area (Å²) in [5.41, 5.74) is 0.562. The van der Waals surface area contributed by atoms with Gasteiger partial charge >= 0.3 is 0 Å². The molecule has 0 saturated carbocycles. The Morgan fingerprint density at radius 3 is 3.08 bits per heavy atom. The molecule has 2 N–H and O–H groups in total. The third kappa shape index (κ3) is 7.71. The molecular formula is C18H27BrFN3O2. The number of hydrogen-bond acceptors (Lipinski definition) is 3. The van der Waals surface area contributed by atoms with Crippen molar-refractivity contribution >= 4 is 21.9 Å². The molecular weight excluding hydrogens is 389 g/mol. The minimum Gasteiger partial charge on any atom is -0.379 e. The minimum atomic E-state index is -0.245. The standard InChI is InChI=1S/C18H27BrFN3O2/c1-2-21-18(23-12-14-11-15(19)6-7-17(14)20)22-8-4-9-24-13-16-5-3-10-25-16/h6-7,11,16H,2-5,8-10,12-13H2,1H3,(H2,21,22,23). The molecule has 1 atom stereocenters. The van der Waals surface area contributed by atoms with Crippen LogP contribution in [0, 0.1) is 5.82 Å². The van der Waals surface area contributed by atoms with Gasteiger partial charge in [-0.05, 0) is 44.4 Å².